The van der Waals surface area contributed by atoms with Crippen LogP contribution in [0.3, 0.4) is 0 Å². The number of benzene rings is 1. The molecule has 2 heterocycles. The second-order valence-electron chi connectivity index (χ2n) is 5.97. The molecule has 1 amide bonds. The number of rotatable bonds is 1. The number of alkyl halides is 3. The van der Waals surface area contributed by atoms with Crippen molar-refractivity contribution in [1.29, 1.82) is 0 Å². The molecule has 0 spiro atoms. The van der Waals surface area contributed by atoms with E-state index in [-0.39, 0.29) is 29.3 Å². The van der Waals surface area contributed by atoms with Crippen LogP contribution in [0.4, 0.5) is 13.2 Å². The van der Waals surface area contributed by atoms with E-state index in [2.05, 4.69) is 0 Å². The third-order valence-electron chi connectivity index (χ3n) is 4.48. The van der Waals surface area contributed by atoms with E-state index < -0.39 is 11.7 Å². The molecule has 3 rings (SSSR count). The van der Waals surface area contributed by atoms with Crippen LogP contribution in [0.1, 0.15) is 48.0 Å². The largest absolute Gasteiger partial charge is 0.416 e. The molecule has 1 aromatic rings. The average Bonchev–Trinajstić information content (AvgIpc) is 2.45. The molecule has 0 radical (unpaired) electrons. The Balaban J connectivity index is 1.83. The monoisotopic (exact) mass is 311 g/mol. The van der Waals surface area contributed by atoms with Crippen molar-refractivity contribution >= 4 is 11.7 Å². The highest BCUT2D eigenvalue weighted by atomic mass is 19.4. The lowest BCUT2D eigenvalue weighted by molar-refractivity contribution is -0.137. The van der Waals surface area contributed by atoms with Gasteiger partial charge in [0.25, 0.3) is 5.91 Å². The fraction of sp³-hybridized carbons (Fsp3) is 0.500. The SMILES string of the molecule is O=C1CC2CCCC(C1)N2C(=O)c1ccc(C(F)(F)F)cc1. The Hall–Kier alpha value is -1.85. The average molecular weight is 311 g/mol. The smallest absolute Gasteiger partial charge is 0.332 e. The maximum absolute atomic E-state index is 12.6. The van der Waals surface area contributed by atoms with Gasteiger partial charge in [-0.2, -0.15) is 13.2 Å². The minimum absolute atomic E-state index is 0.102. The van der Waals surface area contributed by atoms with Crippen LogP contribution in [0.25, 0.3) is 0 Å². The fourth-order valence-corrected chi connectivity index (χ4v) is 3.46. The van der Waals surface area contributed by atoms with Crippen LogP contribution in [0, 0.1) is 0 Å². The predicted molar refractivity (Wildman–Crippen MR) is 73.3 cm³/mol. The van der Waals surface area contributed by atoms with E-state index in [1.165, 1.54) is 12.1 Å². The zero-order chi connectivity index (χ0) is 15.9. The Morgan fingerprint density at radius 1 is 1.05 bits per heavy atom. The molecular formula is C16H16F3NO2. The minimum Gasteiger partial charge on any atom is -0.332 e. The van der Waals surface area contributed by atoms with Crippen LogP contribution in [-0.2, 0) is 11.0 Å². The Labute approximate surface area is 126 Å². The number of ketones is 1. The quantitative estimate of drug-likeness (QED) is 0.797. The Morgan fingerprint density at radius 3 is 2.09 bits per heavy atom. The number of fused-ring (bicyclic) bond motifs is 2. The first-order chi connectivity index (χ1) is 10.4. The van der Waals surface area contributed by atoms with Crippen LogP contribution in [-0.4, -0.2) is 28.7 Å². The first-order valence-corrected chi connectivity index (χ1v) is 7.38. The van der Waals surface area contributed by atoms with Crippen LogP contribution >= 0.6 is 0 Å². The van der Waals surface area contributed by atoms with E-state index in [4.69, 9.17) is 0 Å². The lowest BCUT2D eigenvalue weighted by Crippen LogP contribution is -2.54. The van der Waals surface area contributed by atoms with Gasteiger partial charge in [-0.05, 0) is 43.5 Å². The van der Waals surface area contributed by atoms with E-state index in [9.17, 15) is 22.8 Å². The normalized spacial score (nSPS) is 25.2. The maximum atomic E-state index is 12.6. The highest BCUT2D eigenvalue weighted by Gasteiger charge is 2.40. The zero-order valence-electron chi connectivity index (χ0n) is 11.9. The molecule has 0 saturated carbocycles. The van der Waals surface area contributed by atoms with Gasteiger partial charge in [0.15, 0.2) is 0 Å². The summed E-state index contributed by atoms with van der Waals surface area (Å²) in [7, 11) is 0. The lowest BCUT2D eigenvalue weighted by Gasteiger charge is -2.45. The van der Waals surface area contributed by atoms with Crippen molar-refractivity contribution in [3.63, 3.8) is 0 Å². The van der Waals surface area contributed by atoms with Crippen molar-refractivity contribution in [1.82, 2.24) is 4.90 Å². The van der Waals surface area contributed by atoms with Crippen molar-refractivity contribution in [2.75, 3.05) is 0 Å². The molecule has 2 aliphatic heterocycles. The highest BCUT2D eigenvalue weighted by Crippen LogP contribution is 2.34. The molecule has 22 heavy (non-hydrogen) atoms. The number of hydrogen-bond acceptors (Lipinski definition) is 2. The molecule has 2 aliphatic rings. The summed E-state index contributed by atoms with van der Waals surface area (Å²) in [5.74, 6) is -0.0953. The van der Waals surface area contributed by atoms with E-state index in [0.717, 1.165) is 31.4 Å². The summed E-state index contributed by atoms with van der Waals surface area (Å²) in [5.41, 5.74) is -0.516. The van der Waals surface area contributed by atoms with Gasteiger partial charge in [-0.25, -0.2) is 0 Å². The number of Topliss-reactive ketones (excluding diaryl/α,β-unsaturated/α-hetero) is 1. The fourth-order valence-electron chi connectivity index (χ4n) is 3.46. The van der Waals surface area contributed by atoms with Gasteiger partial charge in [-0.15, -0.1) is 0 Å². The van der Waals surface area contributed by atoms with E-state index in [0.29, 0.717) is 12.8 Å². The minimum atomic E-state index is -4.41. The topological polar surface area (TPSA) is 37.4 Å². The Kier molecular flexibility index (Phi) is 3.70. The number of hydrogen-bond donors (Lipinski definition) is 0. The first kappa shape index (κ1) is 15.1. The van der Waals surface area contributed by atoms with Crippen molar-refractivity contribution in [2.24, 2.45) is 0 Å². The first-order valence-electron chi connectivity index (χ1n) is 7.38. The molecule has 2 unspecified atom stereocenters. The summed E-state index contributed by atoms with van der Waals surface area (Å²) in [6.07, 6.45) is -1.12. The molecule has 2 atom stereocenters. The molecule has 0 N–H and O–H groups in total. The van der Waals surface area contributed by atoms with Gasteiger partial charge < -0.3 is 4.90 Å². The van der Waals surface area contributed by atoms with Gasteiger partial charge in [-0.1, -0.05) is 0 Å². The van der Waals surface area contributed by atoms with Gasteiger partial charge in [0.2, 0.25) is 0 Å². The summed E-state index contributed by atoms with van der Waals surface area (Å²) in [6, 6.07) is 4.09. The van der Waals surface area contributed by atoms with E-state index >= 15 is 0 Å². The van der Waals surface area contributed by atoms with E-state index in [1.54, 1.807) is 4.90 Å². The summed E-state index contributed by atoms with van der Waals surface area (Å²) < 4.78 is 37.7. The van der Waals surface area contributed by atoms with Gasteiger partial charge in [0.05, 0.1) is 5.56 Å². The molecule has 2 saturated heterocycles. The second kappa shape index (κ2) is 5.41. The number of carbonyl (C=O) groups is 2. The van der Waals surface area contributed by atoms with Gasteiger partial charge in [-0.3, -0.25) is 9.59 Å². The number of nitrogens with zero attached hydrogens (tertiary/aromatic N) is 1. The molecule has 1 aromatic carbocycles. The summed E-state index contributed by atoms with van der Waals surface area (Å²) in [4.78, 5) is 26.0. The van der Waals surface area contributed by atoms with Crippen molar-refractivity contribution < 1.29 is 22.8 Å². The molecule has 3 nitrogen and oxygen atoms in total. The molecule has 2 bridgehead atoms. The summed E-state index contributed by atoms with van der Waals surface area (Å²) in [5, 5.41) is 0. The number of amides is 1. The Morgan fingerprint density at radius 2 is 1.59 bits per heavy atom. The third-order valence-corrected chi connectivity index (χ3v) is 4.48. The summed E-state index contributed by atoms with van der Waals surface area (Å²) >= 11 is 0. The maximum Gasteiger partial charge on any atom is 0.416 e. The van der Waals surface area contributed by atoms with Crippen LogP contribution in [0.5, 0.6) is 0 Å². The van der Waals surface area contributed by atoms with E-state index in [1.807, 2.05) is 0 Å². The van der Waals surface area contributed by atoms with Crippen LogP contribution < -0.4 is 0 Å². The highest BCUT2D eigenvalue weighted by molar-refractivity contribution is 5.96. The second-order valence-corrected chi connectivity index (χ2v) is 5.97. The molecule has 0 aliphatic carbocycles. The molecule has 6 heteroatoms. The number of piperidine rings is 2. The molecular weight excluding hydrogens is 295 g/mol. The summed E-state index contributed by atoms with van der Waals surface area (Å²) in [6.45, 7) is 0. The standard InChI is InChI=1S/C16H16F3NO2/c17-16(18,19)11-6-4-10(5-7-11)15(22)20-12-2-1-3-13(20)9-14(21)8-12/h4-7,12-13H,1-3,8-9H2. The number of halogens is 3. The van der Waals surface area contributed by atoms with Gasteiger partial charge in [0, 0.05) is 30.5 Å². The number of carbonyl (C=O) groups excluding carboxylic acids is 2. The molecule has 118 valence electrons. The van der Waals surface area contributed by atoms with Crippen molar-refractivity contribution in [2.45, 2.75) is 50.4 Å². The lowest BCUT2D eigenvalue weighted by atomic mass is 9.83. The molecule has 2 fully saturated rings. The van der Waals surface area contributed by atoms with Crippen molar-refractivity contribution in [3.05, 3.63) is 35.4 Å². The predicted octanol–water partition coefficient (Wildman–Crippen LogP) is 3.43. The van der Waals surface area contributed by atoms with Crippen LogP contribution in [0.15, 0.2) is 24.3 Å². The van der Waals surface area contributed by atoms with Crippen molar-refractivity contribution in [3.8, 4) is 0 Å². The third kappa shape index (κ3) is 2.74. The van der Waals surface area contributed by atoms with Gasteiger partial charge in [0.1, 0.15) is 5.78 Å². The van der Waals surface area contributed by atoms with Gasteiger partial charge >= 0.3 is 6.18 Å². The zero-order valence-corrected chi connectivity index (χ0v) is 11.9. The van der Waals surface area contributed by atoms with Crippen LogP contribution in [0.2, 0.25) is 0 Å². The molecule has 0 aromatic heterocycles. The Bertz CT molecular complexity index is 578.